The summed E-state index contributed by atoms with van der Waals surface area (Å²) in [4.78, 5) is 32.9. The second kappa shape index (κ2) is 22.6. The molecule has 10 rings (SSSR count). The van der Waals surface area contributed by atoms with E-state index >= 15 is 0 Å². The number of anilines is 2. The van der Waals surface area contributed by atoms with Crippen LogP contribution in [-0.2, 0) is 11.2 Å². The Hall–Kier alpha value is -7.30. The number of aryl methyl sites for hydroxylation is 2. The fraction of sp³-hybridized carbons (Fsp3) is 0.250. The summed E-state index contributed by atoms with van der Waals surface area (Å²) in [5.74, 6) is -1.32. The van der Waals surface area contributed by atoms with Crippen LogP contribution in [0.25, 0.3) is 11.4 Å². The molecular weight excluding hydrogens is 974 g/mol. The number of carbonyl (C=O) groups is 2. The molecule has 376 valence electrons. The second-order valence-corrected chi connectivity index (χ2v) is 19.3. The van der Waals surface area contributed by atoms with Gasteiger partial charge in [0.15, 0.2) is 5.69 Å². The molecule has 0 spiro atoms. The molecule has 6 N–H and O–H groups in total. The number of aliphatic hydroxyl groups is 2. The number of benzene rings is 4. The molecule has 2 aliphatic carbocycles. The highest BCUT2D eigenvalue weighted by Gasteiger charge is 2.37. The molecule has 0 radical (unpaired) electrons. The number of halogens is 4. The first kappa shape index (κ1) is 52.0. The first-order valence-electron chi connectivity index (χ1n) is 23.8. The number of nitrogen functional groups attached to an aromatic ring is 1. The lowest BCUT2D eigenvalue weighted by atomic mass is 9.84. The van der Waals surface area contributed by atoms with Crippen LogP contribution >= 0.6 is 23.2 Å². The van der Waals surface area contributed by atoms with Crippen molar-refractivity contribution in [3.8, 4) is 11.4 Å². The number of hydrogen-bond donors (Lipinski definition) is 5. The Labute approximate surface area is 431 Å². The minimum absolute atomic E-state index is 0.0280. The van der Waals surface area contributed by atoms with Crippen LogP contribution in [0.15, 0.2) is 146 Å². The van der Waals surface area contributed by atoms with Crippen LogP contribution in [0.5, 0.6) is 0 Å². The van der Waals surface area contributed by atoms with E-state index in [0.29, 0.717) is 80.0 Å². The molecule has 13 nitrogen and oxygen atoms in total. The lowest BCUT2D eigenvalue weighted by molar-refractivity contribution is 0.0622. The van der Waals surface area contributed by atoms with Crippen molar-refractivity contribution >= 4 is 46.5 Å². The summed E-state index contributed by atoms with van der Waals surface area (Å²) in [6.07, 6.45) is 10.8. The monoisotopic (exact) mass is 1030 g/mol. The molecule has 0 aliphatic heterocycles. The van der Waals surface area contributed by atoms with Gasteiger partial charge in [-0.15, -0.1) is 0 Å². The van der Waals surface area contributed by atoms with Gasteiger partial charge in [0.25, 0.3) is 5.91 Å². The van der Waals surface area contributed by atoms with Crippen molar-refractivity contribution < 1.29 is 33.7 Å². The highest BCUT2D eigenvalue weighted by Crippen LogP contribution is 2.42. The van der Waals surface area contributed by atoms with Gasteiger partial charge >= 0.3 is 5.97 Å². The number of nitrogens with zero attached hydrogens (tertiary/aromatic N) is 6. The first-order valence-corrected chi connectivity index (χ1v) is 24.6. The molecule has 0 bridgehead atoms. The smallest absolute Gasteiger partial charge is 0.354 e. The molecule has 2 atom stereocenters. The average molecular weight is 1030 g/mol. The van der Waals surface area contributed by atoms with Crippen molar-refractivity contribution in [2.45, 2.75) is 76.4 Å². The van der Waals surface area contributed by atoms with Crippen LogP contribution in [0.1, 0.15) is 106 Å². The van der Waals surface area contributed by atoms with Gasteiger partial charge in [-0.2, -0.15) is 10.2 Å². The highest BCUT2D eigenvalue weighted by molar-refractivity contribution is 6.30. The number of carboxylic acids is 1. The van der Waals surface area contributed by atoms with Crippen molar-refractivity contribution in [1.82, 2.24) is 29.5 Å². The van der Waals surface area contributed by atoms with Crippen molar-refractivity contribution in [1.29, 1.82) is 0 Å². The van der Waals surface area contributed by atoms with Crippen molar-refractivity contribution in [3.63, 3.8) is 0 Å². The van der Waals surface area contributed by atoms with E-state index in [1.54, 1.807) is 111 Å². The lowest BCUT2D eigenvalue weighted by Crippen LogP contribution is -2.29. The summed E-state index contributed by atoms with van der Waals surface area (Å²) in [6, 6.07) is 36.4. The number of aromatic nitrogens is 6. The van der Waals surface area contributed by atoms with E-state index < -0.39 is 34.7 Å². The number of nitrogens with two attached hydrogens (primary N) is 1. The molecule has 17 heteroatoms. The van der Waals surface area contributed by atoms with E-state index in [9.17, 15) is 28.6 Å². The molecule has 73 heavy (non-hydrogen) atoms. The Kier molecular flexibility index (Phi) is 16.1. The summed E-state index contributed by atoms with van der Waals surface area (Å²) in [5.41, 5.74) is 8.20. The number of carbonyl (C=O) groups excluding carboxylic acids is 1. The third kappa shape index (κ3) is 12.8. The molecule has 4 heterocycles. The number of carboxylic acid groups (broad SMARTS) is 1. The minimum Gasteiger partial charge on any atom is -0.477 e. The molecule has 4 aromatic carbocycles. The fourth-order valence-corrected chi connectivity index (χ4v) is 8.68. The number of nitrogens with one attached hydrogen (secondary N) is 1. The minimum atomic E-state index is -1.40. The van der Waals surface area contributed by atoms with E-state index in [1.165, 1.54) is 52.5 Å². The summed E-state index contributed by atoms with van der Waals surface area (Å²) < 4.78 is 31.1. The SMILES string of the molecule is Cc1cc(C(=O)Nc2cc(C(O)(CCC3CC3)c3ccccn3)ccc2F)n(-c2ccc(Cl)cc2)n1.Cc1cc(C(=O)O)n(-c2ccc(Cl)cc2)n1.Nc1cc(C(O)(CCC2CC2)c2ccccn2)ccc1F. The third-order valence-corrected chi connectivity index (χ3v) is 13.3. The van der Waals surface area contributed by atoms with E-state index in [0.717, 1.165) is 25.7 Å². The van der Waals surface area contributed by atoms with Crippen LogP contribution in [-0.4, -0.2) is 56.7 Å². The molecule has 0 saturated heterocycles. The van der Waals surface area contributed by atoms with E-state index in [1.807, 2.05) is 18.2 Å². The Morgan fingerprint density at radius 2 is 1.10 bits per heavy atom. The molecule has 2 fully saturated rings. The largest absolute Gasteiger partial charge is 0.477 e. The highest BCUT2D eigenvalue weighted by atomic mass is 35.5. The molecule has 4 aromatic heterocycles. The van der Waals surface area contributed by atoms with Gasteiger partial charge in [0.05, 0.1) is 45.5 Å². The van der Waals surface area contributed by atoms with Crippen molar-refractivity contribution in [2.75, 3.05) is 11.1 Å². The Balaban J connectivity index is 0.000000162. The quantitative estimate of drug-likeness (QED) is 0.0617. The number of aromatic carboxylic acids is 1. The Morgan fingerprint density at radius 1 is 0.644 bits per heavy atom. The molecule has 2 saturated carbocycles. The van der Waals surface area contributed by atoms with Gasteiger partial charge in [-0.3, -0.25) is 14.8 Å². The van der Waals surface area contributed by atoms with Crippen LogP contribution in [0.4, 0.5) is 20.2 Å². The standard InChI is InChI=1S/C28H26ClFN4O2.C17H19FN2O.C11H9ClN2O2/c1-18-16-25(34(33-18)22-10-8-21(29)9-11-22)27(35)32-24-17-20(7-12-23(24)30)28(36,14-13-19-5-6-19)26-4-2-3-15-31-26;18-14-7-6-13(11-15(14)19)17(21,9-8-12-4-5-12)16-3-1-2-10-20-16;1-7-6-10(11(15)16)14(13-7)9-4-2-8(12)3-5-9/h2-4,7-12,15-17,19,36H,5-6,13-14H2,1H3,(H,32,35);1-3,6-7,10-12,21H,4-5,8-9,19H2;2-6H,1H3,(H,15,16). The van der Waals surface area contributed by atoms with E-state index in [-0.39, 0.29) is 22.8 Å². The van der Waals surface area contributed by atoms with Gasteiger partial charge in [0.2, 0.25) is 0 Å². The predicted molar refractivity (Wildman–Crippen MR) is 277 cm³/mol. The zero-order valence-electron chi connectivity index (χ0n) is 40.1. The van der Waals surface area contributed by atoms with E-state index in [2.05, 4.69) is 25.5 Å². The van der Waals surface area contributed by atoms with Crippen LogP contribution < -0.4 is 11.1 Å². The van der Waals surface area contributed by atoms with Crippen LogP contribution in [0.2, 0.25) is 10.0 Å². The van der Waals surface area contributed by atoms with Gasteiger partial charge < -0.3 is 26.4 Å². The Bertz CT molecular complexity index is 3190. The van der Waals surface area contributed by atoms with Gasteiger partial charge in [-0.05, 0) is 172 Å². The molecule has 2 unspecified atom stereocenters. The average Bonchev–Trinajstić information content (AvgIpc) is 4.33. The topological polar surface area (TPSA) is 194 Å². The lowest BCUT2D eigenvalue weighted by Gasteiger charge is -2.29. The maximum Gasteiger partial charge on any atom is 0.354 e. The van der Waals surface area contributed by atoms with E-state index in [4.69, 9.17) is 34.0 Å². The number of pyridine rings is 2. The van der Waals surface area contributed by atoms with Crippen molar-refractivity contribution in [2.24, 2.45) is 11.8 Å². The summed E-state index contributed by atoms with van der Waals surface area (Å²) in [6.45, 7) is 3.52. The zero-order chi connectivity index (χ0) is 51.9. The summed E-state index contributed by atoms with van der Waals surface area (Å²) in [7, 11) is 0. The molecule has 2 aliphatic rings. The van der Waals surface area contributed by atoms with Gasteiger partial charge in [0.1, 0.15) is 28.5 Å². The maximum absolute atomic E-state index is 14.9. The molecular formula is C56H54Cl2F2N8O5. The zero-order valence-corrected chi connectivity index (χ0v) is 41.6. The first-order chi connectivity index (χ1) is 35.0. The summed E-state index contributed by atoms with van der Waals surface area (Å²) >= 11 is 11.8. The number of amides is 1. The molecule has 1 amide bonds. The van der Waals surface area contributed by atoms with Gasteiger partial charge in [-0.25, -0.2) is 22.9 Å². The molecule has 8 aromatic rings. The van der Waals surface area contributed by atoms with Crippen LogP contribution in [0, 0.1) is 37.3 Å². The number of hydrogen-bond acceptors (Lipinski definition) is 9. The second-order valence-electron chi connectivity index (χ2n) is 18.4. The van der Waals surface area contributed by atoms with Crippen LogP contribution in [0.3, 0.4) is 0 Å². The van der Waals surface area contributed by atoms with Crippen molar-refractivity contribution in [3.05, 3.63) is 213 Å². The third-order valence-electron chi connectivity index (χ3n) is 12.8. The summed E-state index contributed by atoms with van der Waals surface area (Å²) in [5, 5.41) is 44.4. The number of rotatable bonds is 15. The van der Waals surface area contributed by atoms with Gasteiger partial charge in [0, 0.05) is 22.4 Å². The maximum atomic E-state index is 14.9. The normalized spacial score (nSPS) is 14.6. The fourth-order valence-electron chi connectivity index (χ4n) is 8.43. The Morgan fingerprint density at radius 3 is 1.53 bits per heavy atom. The van der Waals surface area contributed by atoms with Gasteiger partial charge in [-0.1, -0.05) is 73.2 Å². The predicted octanol–water partition coefficient (Wildman–Crippen LogP) is 11.8.